The van der Waals surface area contributed by atoms with Gasteiger partial charge in [-0.2, -0.15) is 0 Å². The summed E-state index contributed by atoms with van der Waals surface area (Å²) < 4.78 is 0. The molecule has 0 saturated carbocycles. The first-order valence-corrected chi connectivity index (χ1v) is 8.49. The quantitative estimate of drug-likeness (QED) is 0.862. The number of carboxylic acids is 1. The number of benzene rings is 2. The van der Waals surface area contributed by atoms with Gasteiger partial charge in [-0.05, 0) is 43.5 Å². The Balaban J connectivity index is 2.25. The third kappa shape index (κ3) is 4.83. The van der Waals surface area contributed by atoms with Crippen molar-refractivity contribution in [3.63, 3.8) is 0 Å². The van der Waals surface area contributed by atoms with Crippen molar-refractivity contribution in [1.82, 2.24) is 0 Å². The topological polar surface area (TPSA) is 69.2 Å². The second-order valence-electron chi connectivity index (χ2n) is 6.31. The van der Waals surface area contributed by atoms with Crippen molar-refractivity contribution < 1.29 is 14.7 Å². The van der Waals surface area contributed by atoms with Crippen LogP contribution in [-0.2, 0) is 16.0 Å². The highest BCUT2D eigenvalue weighted by atomic mass is 35.5. The van der Waals surface area contributed by atoms with Crippen molar-refractivity contribution in [2.24, 2.45) is 11.8 Å². The molecule has 0 bridgehead atoms. The molecule has 0 aliphatic carbocycles. The van der Waals surface area contributed by atoms with E-state index in [-0.39, 0.29) is 5.91 Å². The Labute approximate surface area is 152 Å². The van der Waals surface area contributed by atoms with Crippen molar-refractivity contribution in [2.45, 2.75) is 27.2 Å². The standard InChI is InChI=1S/C20H22ClNO3/c1-12-7-9-15(10-8-12)11-16(13(2)20(24)25)19(23)22-18-6-4-5-17(21)14(18)3/h4-10,13,16H,11H2,1-3H3,(H,22,23)(H,24,25)/p-1. The van der Waals surface area contributed by atoms with Gasteiger partial charge in [0.2, 0.25) is 5.91 Å². The lowest BCUT2D eigenvalue weighted by Crippen LogP contribution is -2.40. The van der Waals surface area contributed by atoms with Crippen LogP contribution >= 0.6 is 11.6 Å². The zero-order valence-electron chi connectivity index (χ0n) is 14.5. The molecule has 0 radical (unpaired) electrons. The zero-order valence-corrected chi connectivity index (χ0v) is 15.3. The van der Waals surface area contributed by atoms with Gasteiger partial charge >= 0.3 is 0 Å². The number of nitrogens with one attached hydrogen (secondary N) is 1. The number of carbonyl (C=O) groups is 2. The molecule has 2 aromatic carbocycles. The Morgan fingerprint density at radius 2 is 1.76 bits per heavy atom. The Morgan fingerprint density at radius 3 is 2.36 bits per heavy atom. The number of rotatable bonds is 6. The molecule has 0 fully saturated rings. The smallest absolute Gasteiger partial charge is 0.228 e. The minimum atomic E-state index is -1.24. The van der Waals surface area contributed by atoms with Gasteiger partial charge in [-0.25, -0.2) is 0 Å². The number of halogens is 1. The molecule has 132 valence electrons. The van der Waals surface area contributed by atoms with E-state index in [0.717, 1.165) is 16.7 Å². The molecule has 2 atom stereocenters. The van der Waals surface area contributed by atoms with Gasteiger partial charge in [-0.1, -0.05) is 54.4 Å². The summed E-state index contributed by atoms with van der Waals surface area (Å²) in [7, 11) is 0. The maximum Gasteiger partial charge on any atom is 0.228 e. The Kier molecular flexibility index (Phi) is 6.21. The lowest BCUT2D eigenvalue weighted by Gasteiger charge is -2.24. The molecule has 2 unspecified atom stereocenters. The summed E-state index contributed by atoms with van der Waals surface area (Å²) in [5.41, 5.74) is 3.33. The van der Waals surface area contributed by atoms with Gasteiger partial charge in [-0.3, -0.25) is 4.79 Å². The molecule has 0 aromatic heterocycles. The van der Waals surface area contributed by atoms with E-state index in [9.17, 15) is 14.7 Å². The third-order valence-corrected chi connectivity index (χ3v) is 4.82. The van der Waals surface area contributed by atoms with Crippen molar-refractivity contribution >= 4 is 29.2 Å². The first-order chi connectivity index (χ1) is 11.8. The molecule has 1 amide bonds. The molecule has 0 heterocycles. The van der Waals surface area contributed by atoms with Crippen LogP contribution < -0.4 is 10.4 Å². The van der Waals surface area contributed by atoms with E-state index in [1.54, 1.807) is 25.1 Å². The minimum absolute atomic E-state index is 0.320. The summed E-state index contributed by atoms with van der Waals surface area (Å²) in [5, 5.41) is 14.7. The lowest BCUT2D eigenvalue weighted by molar-refractivity contribution is -0.312. The average molecular weight is 359 g/mol. The zero-order chi connectivity index (χ0) is 18.6. The van der Waals surface area contributed by atoms with Crippen LogP contribution in [0.15, 0.2) is 42.5 Å². The molecule has 5 heteroatoms. The summed E-state index contributed by atoms with van der Waals surface area (Å²) in [5.74, 6) is -3.26. The molecule has 2 aromatic rings. The number of carbonyl (C=O) groups excluding carboxylic acids is 2. The fourth-order valence-electron chi connectivity index (χ4n) is 2.61. The van der Waals surface area contributed by atoms with E-state index in [1.807, 2.05) is 31.2 Å². The highest BCUT2D eigenvalue weighted by Crippen LogP contribution is 2.25. The van der Waals surface area contributed by atoms with Crippen LogP contribution in [0.25, 0.3) is 0 Å². The molecule has 0 spiro atoms. The molecular weight excluding hydrogens is 338 g/mol. The van der Waals surface area contributed by atoms with Gasteiger partial charge in [0, 0.05) is 22.6 Å². The summed E-state index contributed by atoms with van der Waals surface area (Å²) >= 11 is 6.08. The predicted molar refractivity (Wildman–Crippen MR) is 97.4 cm³/mol. The van der Waals surface area contributed by atoms with E-state index in [1.165, 1.54) is 6.92 Å². The van der Waals surface area contributed by atoms with Crippen LogP contribution in [0.2, 0.25) is 5.02 Å². The van der Waals surface area contributed by atoms with E-state index >= 15 is 0 Å². The van der Waals surface area contributed by atoms with Crippen LogP contribution in [0.4, 0.5) is 5.69 Å². The van der Waals surface area contributed by atoms with E-state index in [0.29, 0.717) is 17.1 Å². The largest absolute Gasteiger partial charge is 0.550 e. The first kappa shape index (κ1) is 19.0. The lowest BCUT2D eigenvalue weighted by atomic mass is 9.87. The summed E-state index contributed by atoms with van der Waals surface area (Å²) in [6.45, 7) is 5.27. The van der Waals surface area contributed by atoms with Gasteiger partial charge in [0.1, 0.15) is 0 Å². The number of hydrogen-bond donors (Lipinski definition) is 1. The predicted octanol–water partition coefficient (Wildman–Crippen LogP) is 3.14. The van der Waals surface area contributed by atoms with E-state index in [4.69, 9.17) is 11.6 Å². The van der Waals surface area contributed by atoms with Crippen molar-refractivity contribution in [2.75, 3.05) is 5.32 Å². The summed E-state index contributed by atoms with van der Waals surface area (Å²) in [6, 6.07) is 12.9. The van der Waals surface area contributed by atoms with Gasteiger partial charge in [0.05, 0.1) is 5.92 Å². The third-order valence-electron chi connectivity index (χ3n) is 4.41. The second-order valence-corrected chi connectivity index (χ2v) is 6.71. The summed E-state index contributed by atoms with van der Waals surface area (Å²) in [4.78, 5) is 24.1. The highest BCUT2D eigenvalue weighted by molar-refractivity contribution is 6.31. The number of hydrogen-bond acceptors (Lipinski definition) is 3. The SMILES string of the molecule is Cc1ccc(CC(C(=O)Nc2cccc(Cl)c2C)C(C)C(=O)[O-])cc1. The van der Waals surface area contributed by atoms with E-state index < -0.39 is 17.8 Å². The highest BCUT2D eigenvalue weighted by Gasteiger charge is 2.27. The van der Waals surface area contributed by atoms with Crippen LogP contribution in [0, 0.1) is 25.7 Å². The first-order valence-electron chi connectivity index (χ1n) is 8.12. The summed E-state index contributed by atoms with van der Waals surface area (Å²) in [6.07, 6.45) is 0.320. The van der Waals surface area contributed by atoms with Gasteiger partial charge in [0.15, 0.2) is 0 Å². The molecule has 0 aliphatic heterocycles. The Bertz CT molecular complexity index is 771. The van der Waals surface area contributed by atoms with Crippen molar-refractivity contribution in [1.29, 1.82) is 0 Å². The van der Waals surface area contributed by atoms with Gasteiger partial charge in [0.25, 0.3) is 0 Å². The molecule has 1 N–H and O–H groups in total. The fourth-order valence-corrected chi connectivity index (χ4v) is 2.78. The number of carboxylic acid groups (broad SMARTS) is 1. The number of aryl methyl sites for hydroxylation is 1. The normalized spacial score (nSPS) is 13.1. The van der Waals surface area contributed by atoms with Crippen molar-refractivity contribution in [3.05, 3.63) is 64.2 Å². The van der Waals surface area contributed by atoms with Crippen LogP contribution in [0.3, 0.4) is 0 Å². The number of amides is 1. The molecule has 0 saturated heterocycles. The molecule has 0 aliphatic rings. The monoisotopic (exact) mass is 358 g/mol. The maximum absolute atomic E-state index is 12.7. The maximum atomic E-state index is 12.7. The van der Waals surface area contributed by atoms with Crippen LogP contribution in [-0.4, -0.2) is 11.9 Å². The minimum Gasteiger partial charge on any atom is -0.550 e. The number of aliphatic carboxylic acids is 1. The van der Waals surface area contributed by atoms with Gasteiger partial charge < -0.3 is 15.2 Å². The second kappa shape index (κ2) is 8.17. The Morgan fingerprint density at radius 1 is 1.12 bits per heavy atom. The van der Waals surface area contributed by atoms with Crippen LogP contribution in [0.5, 0.6) is 0 Å². The molecule has 2 rings (SSSR count). The Hall–Kier alpha value is -2.33. The molecular formula is C20H21ClNO3-. The van der Waals surface area contributed by atoms with E-state index in [2.05, 4.69) is 5.32 Å². The molecule has 25 heavy (non-hydrogen) atoms. The average Bonchev–Trinajstić information content (AvgIpc) is 2.57. The fraction of sp³-hybridized carbons (Fsp3) is 0.300. The van der Waals surface area contributed by atoms with Crippen molar-refractivity contribution in [3.8, 4) is 0 Å². The molecule has 4 nitrogen and oxygen atoms in total. The van der Waals surface area contributed by atoms with Gasteiger partial charge in [-0.15, -0.1) is 0 Å². The number of anilines is 1. The van der Waals surface area contributed by atoms with Crippen LogP contribution in [0.1, 0.15) is 23.6 Å².